The van der Waals surface area contributed by atoms with Gasteiger partial charge in [-0.25, -0.2) is 18.3 Å². The third-order valence-corrected chi connectivity index (χ3v) is 5.09. The van der Waals surface area contributed by atoms with Crippen LogP contribution in [0.15, 0.2) is 30.6 Å². The molecular weight excluding hydrogens is 342 g/mol. The minimum Gasteiger partial charge on any atom is -0.323 e. The van der Waals surface area contributed by atoms with E-state index in [1.165, 1.54) is 28.0 Å². The molecule has 1 aromatic carbocycles. The van der Waals surface area contributed by atoms with Gasteiger partial charge in [0.15, 0.2) is 5.82 Å². The van der Waals surface area contributed by atoms with Crippen molar-refractivity contribution in [2.75, 3.05) is 0 Å². The van der Waals surface area contributed by atoms with Gasteiger partial charge >= 0.3 is 6.03 Å². The Morgan fingerprint density at radius 1 is 1.15 bits per heavy atom. The van der Waals surface area contributed by atoms with Crippen LogP contribution in [-0.2, 0) is 11.3 Å². The summed E-state index contributed by atoms with van der Waals surface area (Å²) < 4.78 is 28.2. The molecule has 26 heavy (non-hydrogen) atoms. The maximum atomic E-state index is 13.9. The number of amides is 3. The third kappa shape index (κ3) is 2.75. The summed E-state index contributed by atoms with van der Waals surface area (Å²) in [6.07, 6.45) is 7.23. The van der Waals surface area contributed by atoms with E-state index in [-0.39, 0.29) is 18.1 Å². The van der Waals surface area contributed by atoms with Crippen molar-refractivity contribution in [3.8, 4) is 5.69 Å². The van der Waals surface area contributed by atoms with E-state index < -0.39 is 23.2 Å². The normalized spacial score (nSPS) is 19.2. The minimum atomic E-state index is -0.769. The summed E-state index contributed by atoms with van der Waals surface area (Å²) in [5.41, 5.74) is -0.0855. The molecule has 0 bridgehead atoms. The molecule has 2 aliphatic rings. The van der Waals surface area contributed by atoms with Crippen LogP contribution < -0.4 is 5.32 Å². The second-order valence-corrected chi connectivity index (χ2v) is 6.85. The van der Waals surface area contributed by atoms with Crippen molar-refractivity contribution < 1.29 is 18.4 Å². The van der Waals surface area contributed by atoms with Crippen molar-refractivity contribution in [1.29, 1.82) is 0 Å². The number of carbonyl (C=O) groups is 2. The molecule has 1 aliphatic carbocycles. The number of halogens is 2. The lowest BCUT2D eigenvalue weighted by molar-refractivity contribution is -0.132. The fourth-order valence-electron chi connectivity index (χ4n) is 3.74. The van der Waals surface area contributed by atoms with Crippen LogP contribution in [0.25, 0.3) is 5.69 Å². The zero-order valence-electron chi connectivity index (χ0n) is 14.0. The maximum absolute atomic E-state index is 13.9. The molecule has 1 aliphatic heterocycles. The minimum absolute atomic E-state index is 0.0647. The highest BCUT2D eigenvalue weighted by Gasteiger charge is 2.51. The summed E-state index contributed by atoms with van der Waals surface area (Å²) in [6.45, 7) is 0.0647. The molecule has 1 N–H and O–H groups in total. The highest BCUT2D eigenvalue weighted by molar-refractivity contribution is 6.07. The summed E-state index contributed by atoms with van der Waals surface area (Å²) in [7, 11) is 0. The second kappa shape index (κ2) is 6.19. The standard InChI is InChI=1S/C18H18F2N4O2/c19-13-4-5-15(14(20)8-13)24-11-12(9-21-24)10-23-16(25)18(22-17(23)26)6-2-1-3-7-18/h4-5,8-9,11H,1-3,6-7,10H2,(H,22,26). The van der Waals surface area contributed by atoms with Gasteiger partial charge in [0.2, 0.25) is 0 Å². The first-order valence-corrected chi connectivity index (χ1v) is 8.62. The van der Waals surface area contributed by atoms with Crippen LogP contribution in [0.2, 0.25) is 0 Å². The maximum Gasteiger partial charge on any atom is 0.325 e. The fraction of sp³-hybridized carbons (Fsp3) is 0.389. The monoisotopic (exact) mass is 360 g/mol. The lowest BCUT2D eigenvalue weighted by Crippen LogP contribution is -2.48. The number of benzene rings is 1. The molecule has 0 unspecified atom stereocenters. The zero-order valence-corrected chi connectivity index (χ0v) is 14.0. The average molecular weight is 360 g/mol. The van der Waals surface area contributed by atoms with Crippen molar-refractivity contribution in [1.82, 2.24) is 20.0 Å². The van der Waals surface area contributed by atoms with Crippen LogP contribution in [0.3, 0.4) is 0 Å². The predicted molar refractivity (Wildman–Crippen MR) is 88.4 cm³/mol. The Hall–Kier alpha value is -2.77. The number of nitrogens with one attached hydrogen (secondary N) is 1. The number of hydrogen-bond acceptors (Lipinski definition) is 3. The fourth-order valence-corrected chi connectivity index (χ4v) is 3.74. The van der Waals surface area contributed by atoms with E-state index in [1.54, 1.807) is 0 Å². The summed E-state index contributed by atoms with van der Waals surface area (Å²) >= 11 is 0. The molecule has 0 radical (unpaired) electrons. The molecule has 8 heteroatoms. The van der Waals surface area contributed by atoms with E-state index in [9.17, 15) is 18.4 Å². The quantitative estimate of drug-likeness (QED) is 0.856. The van der Waals surface area contributed by atoms with E-state index in [2.05, 4.69) is 10.4 Å². The van der Waals surface area contributed by atoms with Crippen molar-refractivity contribution >= 4 is 11.9 Å². The Morgan fingerprint density at radius 2 is 1.92 bits per heavy atom. The molecule has 2 aromatic rings. The number of nitrogens with zero attached hydrogens (tertiary/aromatic N) is 3. The number of hydrogen-bond donors (Lipinski definition) is 1. The van der Waals surface area contributed by atoms with Gasteiger partial charge in [-0.05, 0) is 25.0 Å². The lowest BCUT2D eigenvalue weighted by Gasteiger charge is -2.30. The van der Waals surface area contributed by atoms with Crippen molar-refractivity contribution in [3.05, 3.63) is 47.8 Å². The van der Waals surface area contributed by atoms with Gasteiger partial charge in [-0.1, -0.05) is 19.3 Å². The molecule has 2 heterocycles. The third-order valence-electron chi connectivity index (χ3n) is 5.09. The van der Waals surface area contributed by atoms with Crippen molar-refractivity contribution in [3.63, 3.8) is 0 Å². The molecule has 6 nitrogen and oxygen atoms in total. The van der Waals surface area contributed by atoms with Gasteiger partial charge in [-0.2, -0.15) is 5.10 Å². The smallest absolute Gasteiger partial charge is 0.323 e. The summed E-state index contributed by atoms with van der Waals surface area (Å²) in [5, 5.41) is 6.91. The van der Waals surface area contributed by atoms with Crippen molar-refractivity contribution in [2.24, 2.45) is 0 Å². The predicted octanol–water partition coefficient (Wildman–Crippen LogP) is 2.91. The number of urea groups is 1. The molecule has 3 amide bonds. The van der Waals surface area contributed by atoms with Gasteiger partial charge in [-0.3, -0.25) is 9.69 Å². The van der Waals surface area contributed by atoms with E-state index in [0.29, 0.717) is 18.4 Å². The summed E-state index contributed by atoms with van der Waals surface area (Å²) in [4.78, 5) is 26.3. The van der Waals surface area contributed by atoms with E-state index in [4.69, 9.17) is 0 Å². The Balaban J connectivity index is 1.54. The van der Waals surface area contributed by atoms with E-state index in [1.807, 2.05) is 0 Å². The topological polar surface area (TPSA) is 67.2 Å². The Labute approximate surface area is 148 Å². The molecule has 4 rings (SSSR count). The molecule has 1 saturated carbocycles. The van der Waals surface area contributed by atoms with Crippen LogP contribution in [0.4, 0.5) is 13.6 Å². The number of imide groups is 1. The number of rotatable bonds is 3. The van der Waals surface area contributed by atoms with Crippen LogP contribution in [0, 0.1) is 11.6 Å². The molecule has 1 aromatic heterocycles. The van der Waals surface area contributed by atoms with Gasteiger partial charge in [0.1, 0.15) is 17.0 Å². The first-order chi connectivity index (χ1) is 12.5. The van der Waals surface area contributed by atoms with Gasteiger partial charge < -0.3 is 5.32 Å². The van der Waals surface area contributed by atoms with Gasteiger partial charge in [-0.15, -0.1) is 0 Å². The largest absolute Gasteiger partial charge is 0.325 e. The van der Waals surface area contributed by atoms with Crippen LogP contribution >= 0.6 is 0 Å². The van der Waals surface area contributed by atoms with Crippen LogP contribution in [0.5, 0.6) is 0 Å². The molecule has 1 saturated heterocycles. The van der Waals surface area contributed by atoms with E-state index >= 15 is 0 Å². The van der Waals surface area contributed by atoms with Gasteiger partial charge in [0, 0.05) is 17.8 Å². The number of aromatic nitrogens is 2. The van der Waals surface area contributed by atoms with Gasteiger partial charge in [0.25, 0.3) is 5.91 Å². The second-order valence-electron chi connectivity index (χ2n) is 6.85. The Morgan fingerprint density at radius 3 is 2.65 bits per heavy atom. The SMILES string of the molecule is O=C1NC2(CCCCC2)C(=O)N1Cc1cnn(-c2ccc(F)cc2F)c1. The van der Waals surface area contributed by atoms with Gasteiger partial charge in [0.05, 0.1) is 12.7 Å². The lowest BCUT2D eigenvalue weighted by atomic mass is 9.82. The zero-order chi connectivity index (χ0) is 18.3. The highest BCUT2D eigenvalue weighted by atomic mass is 19.1. The molecule has 1 spiro atoms. The van der Waals surface area contributed by atoms with Crippen LogP contribution in [0.1, 0.15) is 37.7 Å². The first kappa shape index (κ1) is 16.7. The summed E-state index contributed by atoms with van der Waals surface area (Å²) in [6, 6.07) is 2.80. The average Bonchev–Trinajstić information content (AvgIpc) is 3.15. The Bertz CT molecular complexity index is 874. The molecule has 136 valence electrons. The first-order valence-electron chi connectivity index (χ1n) is 8.62. The highest BCUT2D eigenvalue weighted by Crippen LogP contribution is 2.34. The van der Waals surface area contributed by atoms with E-state index in [0.717, 1.165) is 31.4 Å². The van der Waals surface area contributed by atoms with Crippen molar-refractivity contribution in [2.45, 2.75) is 44.2 Å². The summed E-state index contributed by atoms with van der Waals surface area (Å²) in [5.74, 6) is -1.62. The van der Waals surface area contributed by atoms with Crippen LogP contribution in [-0.4, -0.2) is 32.2 Å². The molecule has 2 fully saturated rings. The molecular formula is C18H18F2N4O2. The molecule has 0 atom stereocenters. The number of carbonyl (C=O) groups excluding carboxylic acids is 2. The Kier molecular flexibility index (Phi) is 3.97.